The summed E-state index contributed by atoms with van der Waals surface area (Å²) in [5, 5.41) is 0. The summed E-state index contributed by atoms with van der Waals surface area (Å²) >= 11 is 0. The Hall–Kier alpha value is -2.92. The van der Waals surface area contributed by atoms with E-state index in [1.807, 2.05) is 16.0 Å². The van der Waals surface area contributed by atoms with Crippen LogP contribution >= 0.6 is 0 Å². The van der Waals surface area contributed by atoms with Crippen LogP contribution in [0.4, 0.5) is 5.69 Å². The maximum absolute atomic E-state index is 13.3. The van der Waals surface area contributed by atoms with Gasteiger partial charge in [0.2, 0.25) is 15.9 Å². The minimum Gasteiger partial charge on any atom is -0.368 e. The van der Waals surface area contributed by atoms with Gasteiger partial charge in [0.05, 0.1) is 5.92 Å². The predicted molar refractivity (Wildman–Crippen MR) is 129 cm³/mol. The van der Waals surface area contributed by atoms with Crippen molar-refractivity contribution >= 4 is 21.6 Å². The third kappa shape index (κ3) is 4.54. The third-order valence-corrected chi connectivity index (χ3v) is 8.93. The fraction of sp³-hybridized carbons (Fsp3) is 0.522. The van der Waals surface area contributed by atoms with Crippen LogP contribution in [0.2, 0.25) is 0 Å². The summed E-state index contributed by atoms with van der Waals surface area (Å²) in [6, 6.07) is 6.23. The molecule has 1 amide bonds. The highest BCUT2D eigenvalue weighted by Gasteiger charge is 2.37. The molecule has 11 heteroatoms. The average molecular weight is 490 g/mol. The quantitative estimate of drug-likeness (QED) is 0.652. The number of aromatic amines is 2. The van der Waals surface area contributed by atoms with E-state index in [-0.39, 0.29) is 24.7 Å². The van der Waals surface area contributed by atoms with E-state index in [1.165, 1.54) is 28.0 Å². The standard InChI is InChI=1S/C23H31N5O5S/c1-15-6-4-8-19(16(15)2)26-10-12-27(13-11-26)22(30)18-7-5-9-28(14-18)34(32,33)20-17(3)24-23(31)25-21(20)29/h4,6,8,18H,5,7,9-14H2,1-3H3,(H2,24,25,29,31)/t18-/m1/s1. The molecule has 0 unspecified atom stereocenters. The van der Waals surface area contributed by atoms with Crippen LogP contribution < -0.4 is 16.1 Å². The van der Waals surface area contributed by atoms with E-state index in [2.05, 4.69) is 35.9 Å². The van der Waals surface area contributed by atoms with Gasteiger partial charge in [-0.2, -0.15) is 4.31 Å². The molecule has 34 heavy (non-hydrogen) atoms. The summed E-state index contributed by atoms with van der Waals surface area (Å²) in [5.41, 5.74) is 1.94. The Labute approximate surface area is 198 Å². The number of nitrogens with one attached hydrogen (secondary N) is 2. The van der Waals surface area contributed by atoms with Gasteiger partial charge >= 0.3 is 5.69 Å². The van der Waals surface area contributed by atoms with Crippen molar-refractivity contribution in [2.45, 2.75) is 38.5 Å². The minimum absolute atomic E-state index is 0.00948. The van der Waals surface area contributed by atoms with E-state index in [1.54, 1.807) is 0 Å². The first-order valence-electron chi connectivity index (χ1n) is 11.5. The maximum Gasteiger partial charge on any atom is 0.325 e. The number of rotatable bonds is 4. The highest BCUT2D eigenvalue weighted by atomic mass is 32.2. The number of nitrogens with zero attached hydrogens (tertiary/aromatic N) is 3. The molecule has 4 rings (SSSR count). The van der Waals surface area contributed by atoms with Crippen molar-refractivity contribution in [1.82, 2.24) is 19.2 Å². The van der Waals surface area contributed by atoms with Crippen molar-refractivity contribution in [2.24, 2.45) is 5.92 Å². The predicted octanol–water partition coefficient (Wildman–Crippen LogP) is 0.738. The molecule has 1 aromatic carbocycles. The van der Waals surface area contributed by atoms with Gasteiger partial charge in [-0.05, 0) is 50.8 Å². The Morgan fingerprint density at radius 1 is 1.00 bits per heavy atom. The Kier molecular flexibility index (Phi) is 6.68. The lowest BCUT2D eigenvalue weighted by atomic mass is 9.97. The zero-order valence-electron chi connectivity index (χ0n) is 19.8. The van der Waals surface area contributed by atoms with Crippen LogP contribution in [0, 0.1) is 26.7 Å². The number of amides is 1. The molecular weight excluding hydrogens is 458 g/mol. The molecule has 2 saturated heterocycles. The smallest absolute Gasteiger partial charge is 0.325 e. The van der Waals surface area contributed by atoms with Crippen LogP contribution in [0.1, 0.15) is 29.7 Å². The Morgan fingerprint density at radius 3 is 2.38 bits per heavy atom. The molecule has 2 N–H and O–H groups in total. The second-order valence-electron chi connectivity index (χ2n) is 9.10. The second kappa shape index (κ2) is 9.38. The second-order valence-corrected chi connectivity index (χ2v) is 11.0. The molecule has 184 valence electrons. The van der Waals surface area contributed by atoms with E-state index in [0.717, 1.165) is 13.1 Å². The largest absolute Gasteiger partial charge is 0.368 e. The number of benzene rings is 1. The van der Waals surface area contributed by atoms with E-state index in [4.69, 9.17) is 0 Å². The number of piperazine rings is 1. The zero-order chi connectivity index (χ0) is 24.6. The summed E-state index contributed by atoms with van der Waals surface area (Å²) < 4.78 is 27.6. The van der Waals surface area contributed by atoms with Gasteiger partial charge in [-0.1, -0.05) is 12.1 Å². The van der Waals surface area contributed by atoms with E-state index < -0.39 is 32.1 Å². The SMILES string of the molecule is Cc1cccc(N2CCN(C(=O)[C@@H]3CCCN(S(=O)(=O)c4c(C)[nH]c(=O)[nH]c4=O)C3)CC2)c1C. The van der Waals surface area contributed by atoms with Crippen LogP contribution in [-0.2, 0) is 14.8 Å². The lowest BCUT2D eigenvalue weighted by molar-refractivity contribution is -0.137. The minimum atomic E-state index is -4.15. The van der Waals surface area contributed by atoms with E-state index in [9.17, 15) is 22.8 Å². The monoisotopic (exact) mass is 489 g/mol. The molecule has 0 saturated carbocycles. The molecule has 10 nitrogen and oxygen atoms in total. The number of anilines is 1. The highest BCUT2D eigenvalue weighted by Crippen LogP contribution is 2.27. The van der Waals surface area contributed by atoms with E-state index in [0.29, 0.717) is 25.9 Å². The van der Waals surface area contributed by atoms with Gasteiger partial charge in [0.25, 0.3) is 5.56 Å². The lowest BCUT2D eigenvalue weighted by Crippen LogP contribution is -2.53. The lowest BCUT2D eigenvalue weighted by Gasteiger charge is -2.40. The molecule has 2 fully saturated rings. The van der Waals surface area contributed by atoms with Gasteiger partial charge in [0, 0.05) is 50.6 Å². The van der Waals surface area contributed by atoms with Crippen LogP contribution in [0.5, 0.6) is 0 Å². The number of H-pyrrole nitrogens is 2. The van der Waals surface area contributed by atoms with Gasteiger partial charge in [-0.15, -0.1) is 0 Å². The molecule has 0 spiro atoms. The Morgan fingerprint density at radius 2 is 1.71 bits per heavy atom. The zero-order valence-corrected chi connectivity index (χ0v) is 20.6. The van der Waals surface area contributed by atoms with Gasteiger partial charge in [0.1, 0.15) is 0 Å². The van der Waals surface area contributed by atoms with Gasteiger partial charge < -0.3 is 14.8 Å². The summed E-state index contributed by atoms with van der Waals surface area (Å²) in [5.74, 6) is -0.509. The number of aryl methyl sites for hydroxylation is 2. The van der Waals surface area contributed by atoms with Crippen molar-refractivity contribution < 1.29 is 13.2 Å². The molecule has 0 bridgehead atoms. The molecule has 2 aliphatic rings. The number of carbonyl (C=O) groups is 1. The topological polar surface area (TPSA) is 127 Å². The molecule has 3 heterocycles. The molecular formula is C23H31N5O5S. The van der Waals surface area contributed by atoms with Gasteiger partial charge in [-0.25, -0.2) is 13.2 Å². The number of piperidine rings is 1. The third-order valence-electron chi connectivity index (χ3n) is 6.91. The number of hydrogen-bond donors (Lipinski definition) is 2. The molecule has 2 aliphatic heterocycles. The summed E-state index contributed by atoms with van der Waals surface area (Å²) in [4.78, 5) is 44.9. The maximum atomic E-state index is 13.3. The molecule has 2 aromatic rings. The molecule has 1 aromatic heterocycles. The number of hydrogen-bond acceptors (Lipinski definition) is 6. The average Bonchev–Trinajstić information content (AvgIpc) is 2.80. The van der Waals surface area contributed by atoms with Crippen molar-refractivity contribution in [1.29, 1.82) is 0 Å². The van der Waals surface area contributed by atoms with Crippen LogP contribution in [0.15, 0.2) is 32.7 Å². The van der Waals surface area contributed by atoms with Crippen LogP contribution in [0.3, 0.4) is 0 Å². The fourth-order valence-electron chi connectivity index (χ4n) is 4.89. The van der Waals surface area contributed by atoms with E-state index >= 15 is 0 Å². The highest BCUT2D eigenvalue weighted by molar-refractivity contribution is 7.89. The van der Waals surface area contributed by atoms with Crippen LogP contribution in [0.25, 0.3) is 0 Å². The van der Waals surface area contributed by atoms with Gasteiger partial charge in [0.15, 0.2) is 4.90 Å². The van der Waals surface area contributed by atoms with Crippen molar-refractivity contribution in [3.05, 3.63) is 55.9 Å². The normalized spacial score (nSPS) is 19.9. The Bertz CT molecular complexity index is 1310. The summed E-state index contributed by atoms with van der Waals surface area (Å²) in [7, 11) is -4.15. The number of sulfonamides is 1. The Balaban J connectivity index is 1.45. The summed E-state index contributed by atoms with van der Waals surface area (Å²) in [6.45, 7) is 8.42. The van der Waals surface area contributed by atoms with Crippen LogP contribution in [-0.4, -0.2) is 72.8 Å². The fourth-order valence-corrected chi connectivity index (χ4v) is 6.62. The van der Waals surface area contributed by atoms with Crippen molar-refractivity contribution in [3.63, 3.8) is 0 Å². The molecule has 0 aliphatic carbocycles. The van der Waals surface area contributed by atoms with Crippen molar-refractivity contribution in [3.8, 4) is 0 Å². The first kappa shape index (κ1) is 24.2. The van der Waals surface area contributed by atoms with Crippen molar-refractivity contribution in [2.75, 3.05) is 44.2 Å². The number of carbonyl (C=O) groups excluding carboxylic acids is 1. The molecule has 1 atom stereocenters. The van der Waals surface area contributed by atoms with Gasteiger partial charge in [-0.3, -0.25) is 14.6 Å². The summed E-state index contributed by atoms with van der Waals surface area (Å²) in [6.07, 6.45) is 1.13. The first-order valence-corrected chi connectivity index (χ1v) is 13.0. The number of aromatic nitrogens is 2. The molecule has 0 radical (unpaired) electrons. The first-order chi connectivity index (χ1) is 16.1.